The summed E-state index contributed by atoms with van der Waals surface area (Å²) in [6.07, 6.45) is 8.10. The molecular formula is C22H29N5O. The Hall–Kier alpha value is -2.63. The topological polar surface area (TPSA) is 70.2 Å². The van der Waals surface area contributed by atoms with Crippen molar-refractivity contribution in [1.29, 1.82) is 0 Å². The molecule has 2 fully saturated rings. The summed E-state index contributed by atoms with van der Waals surface area (Å²) in [5.41, 5.74) is 1.79. The molecule has 1 saturated carbocycles. The van der Waals surface area contributed by atoms with E-state index in [1.54, 1.807) is 0 Å². The van der Waals surface area contributed by atoms with Crippen LogP contribution in [0.2, 0.25) is 0 Å². The minimum absolute atomic E-state index is 0.149. The molecule has 6 heteroatoms. The summed E-state index contributed by atoms with van der Waals surface area (Å²) in [6.45, 7) is 4.05. The van der Waals surface area contributed by atoms with Crippen molar-refractivity contribution in [2.24, 2.45) is 5.92 Å². The second kappa shape index (κ2) is 8.59. The van der Waals surface area contributed by atoms with Crippen LogP contribution in [-0.4, -0.2) is 29.0 Å². The third-order valence-corrected chi connectivity index (χ3v) is 5.66. The number of carbonyl (C=O) groups is 1. The highest BCUT2D eigenvalue weighted by Crippen LogP contribution is 2.27. The number of carbonyl (C=O) groups excluding carboxylic acids is 1. The second-order valence-corrected chi connectivity index (χ2v) is 7.88. The fraction of sp³-hybridized carbons (Fsp3) is 0.500. The summed E-state index contributed by atoms with van der Waals surface area (Å²) in [6, 6.07) is 9.85. The maximum absolute atomic E-state index is 12.3. The molecule has 0 spiro atoms. The Kier molecular flexibility index (Phi) is 5.74. The smallest absolute Gasteiger partial charge is 0.227 e. The highest BCUT2D eigenvalue weighted by atomic mass is 16.1. The largest absolute Gasteiger partial charge is 0.356 e. The van der Waals surface area contributed by atoms with Gasteiger partial charge in [0.15, 0.2) is 0 Å². The zero-order valence-corrected chi connectivity index (χ0v) is 16.6. The van der Waals surface area contributed by atoms with Crippen molar-refractivity contribution in [2.45, 2.75) is 51.9 Å². The van der Waals surface area contributed by atoms with Gasteiger partial charge in [-0.05, 0) is 63.3 Å². The third-order valence-electron chi connectivity index (χ3n) is 5.66. The standard InChI is InChI=1S/C22H29N5O/c1-16-23-20(15-21(24-16)27-13-5-2-6-14-27)25-18-9-11-19(12-10-18)26-22(28)17-7-3-4-8-17/h9-12,15,17H,2-8,13-14H2,1H3,(H,26,28)(H,23,24,25). The number of aromatic nitrogens is 2. The Morgan fingerprint density at radius 2 is 1.64 bits per heavy atom. The van der Waals surface area contributed by atoms with Crippen LogP contribution in [0.3, 0.4) is 0 Å². The maximum Gasteiger partial charge on any atom is 0.227 e. The molecule has 1 aromatic carbocycles. The number of hydrogen-bond donors (Lipinski definition) is 2. The van der Waals surface area contributed by atoms with Crippen LogP contribution >= 0.6 is 0 Å². The number of piperidine rings is 1. The molecule has 0 radical (unpaired) electrons. The first-order valence-corrected chi connectivity index (χ1v) is 10.5. The molecule has 1 saturated heterocycles. The summed E-state index contributed by atoms with van der Waals surface area (Å²) >= 11 is 0. The molecule has 28 heavy (non-hydrogen) atoms. The van der Waals surface area contributed by atoms with Crippen LogP contribution in [0.5, 0.6) is 0 Å². The van der Waals surface area contributed by atoms with Crippen LogP contribution in [-0.2, 0) is 4.79 Å². The van der Waals surface area contributed by atoms with E-state index in [1.807, 2.05) is 37.3 Å². The van der Waals surface area contributed by atoms with E-state index in [2.05, 4.69) is 25.5 Å². The molecule has 148 valence electrons. The highest BCUT2D eigenvalue weighted by molar-refractivity contribution is 5.92. The van der Waals surface area contributed by atoms with E-state index >= 15 is 0 Å². The number of benzene rings is 1. The van der Waals surface area contributed by atoms with E-state index in [1.165, 1.54) is 32.1 Å². The van der Waals surface area contributed by atoms with E-state index in [-0.39, 0.29) is 11.8 Å². The summed E-state index contributed by atoms with van der Waals surface area (Å²) in [5.74, 6) is 2.89. The maximum atomic E-state index is 12.3. The zero-order valence-electron chi connectivity index (χ0n) is 16.6. The molecule has 2 N–H and O–H groups in total. The van der Waals surface area contributed by atoms with Crippen LogP contribution < -0.4 is 15.5 Å². The predicted molar refractivity (Wildman–Crippen MR) is 113 cm³/mol. The fourth-order valence-electron chi connectivity index (χ4n) is 4.12. The van der Waals surface area contributed by atoms with Gasteiger partial charge in [0, 0.05) is 36.4 Å². The van der Waals surface area contributed by atoms with E-state index in [9.17, 15) is 4.79 Å². The molecule has 4 rings (SSSR count). The Balaban J connectivity index is 1.41. The lowest BCUT2D eigenvalue weighted by Crippen LogP contribution is -2.30. The van der Waals surface area contributed by atoms with Gasteiger partial charge in [-0.15, -0.1) is 0 Å². The first-order valence-electron chi connectivity index (χ1n) is 10.5. The van der Waals surface area contributed by atoms with Crippen molar-refractivity contribution in [3.63, 3.8) is 0 Å². The molecule has 1 aromatic heterocycles. The number of rotatable bonds is 5. The number of anilines is 4. The molecule has 0 unspecified atom stereocenters. The van der Waals surface area contributed by atoms with Gasteiger partial charge in [0.1, 0.15) is 17.5 Å². The summed E-state index contributed by atoms with van der Waals surface area (Å²) in [5, 5.41) is 6.41. The summed E-state index contributed by atoms with van der Waals surface area (Å²) < 4.78 is 0. The van der Waals surface area contributed by atoms with E-state index in [0.717, 1.165) is 54.8 Å². The molecule has 0 bridgehead atoms. The van der Waals surface area contributed by atoms with Crippen LogP contribution in [0.1, 0.15) is 50.8 Å². The molecule has 6 nitrogen and oxygen atoms in total. The van der Waals surface area contributed by atoms with Gasteiger partial charge in [-0.3, -0.25) is 4.79 Å². The van der Waals surface area contributed by atoms with Crippen molar-refractivity contribution >= 4 is 28.9 Å². The van der Waals surface area contributed by atoms with Gasteiger partial charge >= 0.3 is 0 Å². The Bertz CT molecular complexity index is 808. The Morgan fingerprint density at radius 3 is 2.36 bits per heavy atom. The van der Waals surface area contributed by atoms with Gasteiger partial charge in [0.05, 0.1) is 0 Å². The highest BCUT2D eigenvalue weighted by Gasteiger charge is 2.22. The van der Waals surface area contributed by atoms with Gasteiger partial charge in [0.2, 0.25) is 5.91 Å². The number of nitrogens with zero attached hydrogens (tertiary/aromatic N) is 3. The van der Waals surface area contributed by atoms with Crippen LogP contribution in [0.25, 0.3) is 0 Å². The lowest BCUT2D eigenvalue weighted by molar-refractivity contribution is -0.119. The lowest BCUT2D eigenvalue weighted by atomic mass is 10.1. The van der Waals surface area contributed by atoms with Gasteiger partial charge in [0.25, 0.3) is 0 Å². The van der Waals surface area contributed by atoms with Crippen LogP contribution in [0, 0.1) is 12.8 Å². The number of aryl methyl sites for hydroxylation is 1. The van der Waals surface area contributed by atoms with Crippen LogP contribution in [0.15, 0.2) is 30.3 Å². The minimum Gasteiger partial charge on any atom is -0.356 e. The van der Waals surface area contributed by atoms with E-state index in [0.29, 0.717) is 0 Å². The molecule has 1 aliphatic carbocycles. The van der Waals surface area contributed by atoms with Gasteiger partial charge in [-0.1, -0.05) is 12.8 Å². The first kappa shape index (κ1) is 18.7. The Morgan fingerprint density at radius 1 is 0.964 bits per heavy atom. The number of hydrogen-bond acceptors (Lipinski definition) is 5. The van der Waals surface area contributed by atoms with Crippen molar-refractivity contribution in [2.75, 3.05) is 28.6 Å². The summed E-state index contributed by atoms with van der Waals surface area (Å²) in [7, 11) is 0. The molecule has 2 aromatic rings. The molecule has 2 aliphatic rings. The molecule has 2 heterocycles. The zero-order chi connectivity index (χ0) is 19.3. The van der Waals surface area contributed by atoms with Crippen molar-refractivity contribution in [1.82, 2.24) is 9.97 Å². The van der Waals surface area contributed by atoms with Crippen molar-refractivity contribution < 1.29 is 4.79 Å². The average Bonchev–Trinajstić information content (AvgIpc) is 3.25. The molecular weight excluding hydrogens is 350 g/mol. The van der Waals surface area contributed by atoms with Gasteiger partial charge in [-0.25, -0.2) is 9.97 Å². The second-order valence-electron chi connectivity index (χ2n) is 7.88. The average molecular weight is 380 g/mol. The number of nitrogens with one attached hydrogen (secondary N) is 2. The normalized spacial score (nSPS) is 17.5. The monoisotopic (exact) mass is 379 g/mol. The molecule has 1 amide bonds. The number of amides is 1. The van der Waals surface area contributed by atoms with Crippen molar-refractivity contribution in [3.05, 3.63) is 36.2 Å². The third kappa shape index (κ3) is 4.61. The SMILES string of the molecule is Cc1nc(Nc2ccc(NC(=O)C3CCCC3)cc2)cc(N2CCCCC2)n1. The summed E-state index contributed by atoms with van der Waals surface area (Å²) in [4.78, 5) is 23.7. The first-order chi connectivity index (χ1) is 13.7. The molecule has 1 aliphatic heterocycles. The molecule has 0 atom stereocenters. The van der Waals surface area contributed by atoms with E-state index < -0.39 is 0 Å². The lowest BCUT2D eigenvalue weighted by Gasteiger charge is -2.28. The van der Waals surface area contributed by atoms with E-state index in [4.69, 9.17) is 0 Å². The minimum atomic E-state index is 0.149. The van der Waals surface area contributed by atoms with Crippen molar-refractivity contribution in [3.8, 4) is 0 Å². The Labute approximate surface area is 166 Å². The van der Waals surface area contributed by atoms with Gasteiger partial charge in [-0.2, -0.15) is 0 Å². The quantitative estimate of drug-likeness (QED) is 0.791. The predicted octanol–water partition coefficient (Wildman–Crippen LogP) is 4.65. The van der Waals surface area contributed by atoms with Gasteiger partial charge < -0.3 is 15.5 Å². The fourth-order valence-corrected chi connectivity index (χ4v) is 4.12. The van der Waals surface area contributed by atoms with Crippen LogP contribution in [0.4, 0.5) is 23.0 Å².